The van der Waals surface area contributed by atoms with E-state index in [1.807, 2.05) is 0 Å². The number of amides is 1. The number of nitrogens with zero attached hydrogens (tertiary/aromatic N) is 2. The predicted octanol–water partition coefficient (Wildman–Crippen LogP) is 2.69. The molecule has 31 heavy (non-hydrogen) atoms. The molecule has 2 aromatic carbocycles. The molecule has 1 atom stereocenters. The van der Waals surface area contributed by atoms with E-state index in [2.05, 4.69) is 5.10 Å². The molecule has 0 saturated carbocycles. The lowest BCUT2D eigenvalue weighted by molar-refractivity contribution is -0.131. The zero-order valence-corrected chi connectivity index (χ0v) is 17.8. The Bertz CT molecular complexity index is 1260. The molecular weight excluding hydrogens is 432 g/mol. The Morgan fingerprint density at radius 2 is 1.90 bits per heavy atom. The first-order valence-electron chi connectivity index (χ1n) is 9.15. The smallest absolute Gasteiger partial charge is 0.264 e. The molecule has 1 heterocycles. The second kappa shape index (κ2) is 8.23. The van der Waals surface area contributed by atoms with E-state index in [1.54, 1.807) is 6.20 Å². The lowest BCUT2D eigenvalue weighted by Gasteiger charge is -2.24. The van der Waals surface area contributed by atoms with E-state index in [4.69, 9.17) is 9.94 Å². The summed E-state index contributed by atoms with van der Waals surface area (Å²) >= 11 is 0. The van der Waals surface area contributed by atoms with Crippen LogP contribution in [0.3, 0.4) is 0 Å². The van der Waals surface area contributed by atoms with Crippen molar-refractivity contribution in [3.8, 4) is 16.9 Å². The molecule has 3 aromatic rings. The number of aromatic nitrogens is 2. The van der Waals surface area contributed by atoms with Gasteiger partial charge in [0.25, 0.3) is 5.91 Å². The Hall–Kier alpha value is -3.05. The molecule has 0 aliphatic rings. The van der Waals surface area contributed by atoms with Gasteiger partial charge in [-0.3, -0.25) is 14.7 Å². The van der Waals surface area contributed by atoms with Gasteiger partial charge in [-0.1, -0.05) is 0 Å². The topological polar surface area (TPSA) is 111 Å². The molecular formula is C20H21F2N3O5S. The van der Waals surface area contributed by atoms with E-state index < -0.39 is 32.1 Å². The van der Waals surface area contributed by atoms with Crippen LogP contribution in [0.5, 0.6) is 5.75 Å². The van der Waals surface area contributed by atoms with Crippen molar-refractivity contribution in [3.63, 3.8) is 0 Å². The number of benzene rings is 2. The number of methoxy groups -OCH3 is 1. The maximum Gasteiger partial charge on any atom is 0.264 e. The number of hydroxylamine groups is 1. The van der Waals surface area contributed by atoms with Gasteiger partial charge in [0.1, 0.15) is 17.4 Å². The fourth-order valence-corrected chi connectivity index (χ4v) is 4.02. The van der Waals surface area contributed by atoms with E-state index >= 15 is 0 Å². The minimum Gasteiger partial charge on any atom is -0.497 e. The first kappa shape index (κ1) is 22.6. The van der Waals surface area contributed by atoms with Crippen LogP contribution < -0.4 is 10.2 Å². The van der Waals surface area contributed by atoms with Crippen molar-refractivity contribution in [2.24, 2.45) is 0 Å². The summed E-state index contributed by atoms with van der Waals surface area (Å²) in [5.41, 5.74) is 1.75. The lowest BCUT2D eigenvalue weighted by Crippen LogP contribution is -2.49. The van der Waals surface area contributed by atoms with Crippen molar-refractivity contribution in [1.82, 2.24) is 15.3 Å². The van der Waals surface area contributed by atoms with E-state index in [0.717, 1.165) is 18.4 Å². The molecule has 0 saturated heterocycles. The zero-order valence-electron chi connectivity index (χ0n) is 17.0. The molecule has 0 radical (unpaired) electrons. The predicted molar refractivity (Wildman–Crippen MR) is 109 cm³/mol. The number of ether oxygens (including phenoxy) is 1. The van der Waals surface area contributed by atoms with Crippen LogP contribution in [-0.4, -0.2) is 47.4 Å². The molecule has 3 rings (SSSR count). The fourth-order valence-electron chi connectivity index (χ4n) is 3.17. The van der Waals surface area contributed by atoms with Crippen molar-refractivity contribution in [3.05, 3.63) is 48.2 Å². The van der Waals surface area contributed by atoms with Crippen LogP contribution in [0.15, 0.2) is 36.5 Å². The van der Waals surface area contributed by atoms with Crippen LogP contribution in [0.1, 0.15) is 13.3 Å². The van der Waals surface area contributed by atoms with Gasteiger partial charge in [-0.15, -0.1) is 0 Å². The summed E-state index contributed by atoms with van der Waals surface area (Å²) in [7, 11) is -2.46. The highest BCUT2D eigenvalue weighted by Crippen LogP contribution is 2.31. The number of aryl methyl sites for hydroxylation is 1. The molecule has 1 unspecified atom stereocenters. The Morgan fingerprint density at radius 1 is 1.23 bits per heavy atom. The first-order chi connectivity index (χ1) is 14.5. The van der Waals surface area contributed by atoms with Gasteiger partial charge in [0.15, 0.2) is 14.6 Å². The van der Waals surface area contributed by atoms with Crippen LogP contribution in [0.4, 0.5) is 8.78 Å². The van der Waals surface area contributed by atoms with E-state index in [9.17, 15) is 22.0 Å². The summed E-state index contributed by atoms with van der Waals surface area (Å²) in [5, 5.41) is 13.6. The number of halogens is 2. The SMILES string of the molecule is COc1ccc(-c2cc3cn(CCC(C)(C(=O)NO)S(C)(=O)=O)nc3cc2F)c(F)c1. The van der Waals surface area contributed by atoms with Gasteiger partial charge in [0.2, 0.25) is 0 Å². The van der Waals surface area contributed by atoms with Gasteiger partial charge in [0.05, 0.1) is 12.6 Å². The standard InChI is InChI=1S/C20H21F2N3O5S/c1-20(19(26)24-27,31(3,28)29)6-7-25-11-12-8-15(17(22)10-18(12)23-25)14-5-4-13(30-2)9-16(14)21/h4-5,8-11,27H,6-7H2,1-3H3,(H,24,26). The van der Waals surface area contributed by atoms with E-state index in [0.29, 0.717) is 11.1 Å². The van der Waals surface area contributed by atoms with Crippen molar-refractivity contribution in [2.75, 3.05) is 13.4 Å². The number of carbonyl (C=O) groups is 1. The molecule has 1 amide bonds. The highest BCUT2D eigenvalue weighted by Gasteiger charge is 2.43. The Kier molecular flexibility index (Phi) is 6.01. The number of sulfone groups is 1. The summed E-state index contributed by atoms with van der Waals surface area (Å²) < 4.78 is 57.6. The highest BCUT2D eigenvalue weighted by atomic mass is 32.2. The van der Waals surface area contributed by atoms with Gasteiger partial charge < -0.3 is 4.74 Å². The van der Waals surface area contributed by atoms with Crippen LogP contribution in [0.25, 0.3) is 22.0 Å². The molecule has 0 aliphatic carbocycles. The summed E-state index contributed by atoms with van der Waals surface area (Å²) in [4.78, 5) is 11.9. The fraction of sp³-hybridized carbons (Fsp3) is 0.300. The van der Waals surface area contributed by atoms with Gasteiger partial charge in [0, 0.05) is 47.6 Å². The third-order valence-corrected chi connectivity index (χ3v) is 7.35. The third-order valence-electron chi connectivity index (χ3n) is 5.33. The largest absolute Gasteiger partial charge is 0.497 e. The van der Waals surface area contributed by atoms with Crippen molar-refractivity contribution >= 4 is 26.6 Å². The molecule has 0 aliphatic heterocycles. The average Bonchev–Trinajstić information content (AvgIpc) is 3.11. The first-order valence-corrected chi connectivity index (χ1v) is 11.0. The summed E-state index contributed by atoms with van der Waals surface area (Å²) in [6.45, 7) is 1.20. The lowest BCUT2D eigenvalue weighted by atomic mass is 10.0. The van der Waals surface area contributed by atoms with Crippen molar-refractivity contribution in [1.29, 1.82) is 0 Å². The van der Waals surface area contributed by atoms with Crippen LogP contribution in [0.2, 0.25) is 0 Å². The summed E-state index contributed by atoms with van der Waals surface area (Å²) in [6, 6.07) is 6.68. The van der Waals surface area contributed by atoms with Crippen LogP contribution >= 0.6 is 0 Å². The quantitative estimate of drug-likeness (QED) is 0.420. The molecule has 0 bridgehead atoms. The second-order valence-corrected chi connectivity index (χ2v) is 9.77. The Labute approximate surface area is 177 Å². The molecule has 0 spiro atoms. The number of carbonyl (C=O) groups excluding carboxylic acids is 1. The van der Waals surface area contributed by atoms with Gasteiger partial charge in [-0.05, 0) is 31.5 Å². The van der Waals surface area contributed by atoms with Gasteiger partial charge >= 0.3 is 0 Å². The van der Waals surface area contributed by atoms with E-state index in [-0.39, 0.29) is 29.6 Å². The molecule has 0 fully saturated rings. The highest BCUT2D eigenvalue weighted by molar-refractivity contribution is 7.92. The molecule has 8 nitrogen and oxygen atoms in total. The van der Waals surface area contributed by atoms with E-state index in [1.165, 1.54) is 42.4 Å². The Balaban J connectivity index is 1.95. The number of fused-ring (bicyclic) bond motifs is 1. The van der Waals surface area contributed by atoms with Crippen LogP contribution in [0, 0.1) is 11.6 Å². The second-order valence-electron chi connectivity index (χ2n) is 7.32. The monoisotopic (exact) mass is 453 g/mol. The number of rotatable bonds is 7. The Morgan fingerprint density at radius 3 is 2.48 bits per heavy atom. The summed E-state index contributed by atoms with van der Waals surface area (Å²) in [6.07, 6.45) is 2.25. The molecule has 11 heteroatoms. The van der Waals surface area contributed by atoms with Crippen molar-refractivity contribution < 1.29 is 31.9 Å². The third kappa shape index (κ3) is 4.23. The number of hydrogen-bond acceptors (Lipinski definition) is 6. The number of hydrogen-bond donors (Lipinski definition) is 2. The normalized spacial score (nSPS) is 13.7. The van der Waals surface area contributed by atoms with Crippen LogP contribution in [-0.2, 0) is 21.2 Å². The van der Waals surface area contributed by atoms with Crippen molar-refractivity contribution in [2.45, 2.75) is 24.6 Å². The summed E-state index contributed by atoms with van der Waals surface area (Å²) in [5.74, 6) is -2.09. The maximum absolute atomic E-state index is 14.7. The minimum absolute atomic E-state index is 0.000477. The van der Waals surface area contributed by atoms with Gasteiger partial charge in [-0.25, -0.2) is 22.7 Å². The molecule has 2 N–H and O–H groups in total. The minimum atomic E-state index is -3.86. The maximum atomic E-state index is 14.7. The zero-order chi connectivity index (χ0) is 23.0. The molecule has 166 valence electrons. The number of nitrogens with one attached hydrogen (secondary N) is 1. The average molecular weight is 453 g/mol. The molecule has 1 aromatic heterocycles. The van der Waals surface area contributed by atoms with Gasteiger partial charge in [-0.2, -0.15) is 5.10 Å².